The molecule has 0 N–H and O–H groups in total. The van der Waals surface area contributed by atoms with Crippen LogP contribution in [0.25, 0.3) is 0 Å². The molecular weight excluding hydrogens is 329 g/mol. The molecule has 24 heavy (non-hydrogen) atoms. The van der Waals surface area contributed by atoms with Gasteiger partial charge >= 0.3 is 0 Å². The first kappa shape index (κ1) is 16.6. The van der Waals surface area contributed by atoms with Crippen LogP contribution >= 0.6 is 0 Å². The lowest BCUT2D eigenvalue weighted by atomic mass is 10.1. The van der Waals surface area contributed by atoms with Gasteiger partial charge in [-0.05, 0) is 24.1 Å². The molecule has 1 aliphatic rings. The Kier molecular flexibility index (Phi) is 4.66. The van der Waals surface area contributed by atoms with E-state index in [4.69, 9.17) is 0 Å². The van der Waals surface area contributed by atoms with Gasteiger partial charge < -0.3 is 4.90 Å². The van der Waals surface area contributed by atoms with Gasteiger partial charge in [-0.15, -0.1) is 0 Å². The summed E-state index contributed by atoms with van der Waals surface area (Å²) in [6, 6.07) is 14.7. The second kappa shape index (κ2) is 6.73. The number of nitrogens with zero attached hydrogens (tertiary/aromatic N) is 1. The Labute approximate surface area is 140 Å². The maximum Gasteiger partial charge on any atom is 0.257 e. The molecule has 1 aliphatic heterocycles. The predicted molar refractivity (Wildman–Crippen MR) is 89.8 cm³/mol. The summed E-state index contributed by atoms with van der Waals surface area (Å²) in [5, 5.41) is 0. The molecule has 1 atom stereocenters. The van der Waals surface area contributed by atoms with E-state index in [2.05, 4.69) is 0 Å². The van der Waals surface area contributed by atoms with Crippen LogP contribution < -0.4 is 0 Å². The van der Waals surface area contributed by atoms with E-state index in [1.165, 1.54) is 23.1 Å². The molecule has 0 spiro atoms. The van der Waals surface area contributed by atoms with Crippen molar-refractivity contribution < 1.29 is 17.6 Å². The minimum atomic E-state index is -3.15. The first-order chi connectivity index (χ1) is 11.5. The smallest absolute Gasteiger partial charge is 0.257 e. The Hall–Kier alpha value is -2.21. The third-order valence-electron chi connectivity index (χ3n) is 4.21. The van der Waals surface area contributed by atoms with Crippen molar-refractivity contribution in [2.24, 2.45) is 0 Å². The number of benzene rings is 2. The van der Waals surface area contributed by atoms with Gasteiger partial charge in [0, 0.05) is 12.6 Å². The molecule has 0 unspecified atom stereocenters. The van der Waals surface area contributed by atoms with E-state index >= 15 is 0 Å². The quantitative estimate of drug-likeness (QED) is 0.854. The molecule has 0 aliphatic carbocycles. The number of carbonyl (C=O) groups excluding carboxylic acids is 1. The van der Waals surface area contributed by atoms with Crippen molar-refractivity contribution >= 4 is 15.7 Å². The van der Waals surface area contributed by atoms with E-state index in [1.54, 1.807) is 6.07 Å². The first-order valence-corrected chi connectivity index (χ1v) is 9.58. The minimum absolute atomic E-state index is 0.0299. The monoisotopic (exact) mass is 347 g/mol. The van der Waals surface area contributed by atoms with Gasteiger partial charge in [-0.2, -0.15) is 0 Å². The Morgan fingerprint density at radius 2 is 1.75 bits per heavy atom. The Balaban J connectivity index is 1.93. The van der Waals surface area contributed by atoms with Crippen molar-refractivity contribution in [1.29, 1.82) is 0 Å². The second-order valence-corrected chi connectivity index (χ2v) is 8.18. The fourth-order valence-corrected chi connectivity index (χ4v) is 4.69. The zero-order chi connectivity index (χ0) is 17.2. The molecule has 3 rings (SSSR count). The Bertz CT molecular complexity index is 836. The molecule has 0 saturated carbocycles. The molecule has 1 fully saturated rings. The summed E-state index contributed by atoms with van der Waals surface area (Å²) in [5.74, 6) is -1.08. The van der Waals surface area contributed by atoms with Crippen LogP contribution in [0.3, 0.4) is 0 Å². The summed E-state index contributed by atoms with van der Waals surface area (Å²) in [6.45, 7) is 0.258. The third-order valence-corrected chi connectivity index (χ3v) is 5.96. The fourth-order valence-electron chi connectivity index (χ4n) is 2.96. The maximum absolute atomic E-state index is 14.0. The van der Waals surface area contributed by atoms with E-state index in [0.717, 1.165) is 5.56 Å². The number of hydrogen-bond acceptors (Lipinski definition) is 3. The summed E-state index contributed by atoms with van der Waals surface area (Å²) < 4.78 is 37.6. The van der Waals surface area contributed by atoms with Gasteiger partial charge in [0.1, 0.15) is 5.82 Å². The average molecular weight is 347 g/mol. The van der Waals surface area contributed by atoms with E-state index in [1.807, 2.05) is 30.3 Å². The zero-order valence-electron chi connectivity index (χ0n) is 13.1. The van der Waals surface area contributed by atoms with Crippen LogP contribution in [0.4, 0.5) is 4.39 Å². The molecule has 1 saturated heterocycles. The van der Waals surface area contributed by atoms with Crippen LogP contribution in [0.1, 0.15) is 22.3 Å². The van der Waals surface area contributed by atoms with Gasteiger partial charge in [0.15, 0.2) is 9.84 Å². The van der Waals surface area contributed by atoms with Crippen molar-refractivity contribution in [3.8, 4) is 0 Å². The van der Waals surface area contributed by atoms with Crippen molar-refractivity contribution in [3.63, 3.8) is 0 Å². The number of hydrogen-bond donors (Lipinski definition) is 0. The number of sulfone groups is 1. The molecule has 1 heterocycles. The maximum atomic E-state index is 14.0. The number of amides is 1. The van der Waals surface area contributed by atoms with Gasteiger partial charge in [-0.3, -0.25) is 4.79 Å². The van der Waals surface area contributed by atoms with Crippen LogP contribution in [0.15, 0.2) is 54.6 Å². The fraction of sp³-hybridized carbons (Fsp3) is 0.278. The minimum Gasteiger partial charge on any atom is -0.330 e. The summed E-state index contributed by atoms with van der Waals surface area (Å²) in [4.78, 5) is 14.3. The first-order valence-electron chi connectivity index (χ1n) is 7.76. The lowest BCUT2D eigenvalue weighted by Gasteiger charge is -2.28. The van der Waals surface area contributed by atoms with Crippen LogP contribution in [0, 0.1) is 5.82 Å². The lowest BCUT2D eigenvalue weighted by molar-refractivity contribution is 0.0676. The molecule has 0 bridgehead atoms. The molecule has 2 aromatic carbocycles. The van der Waals surface area contributed by atoms with Gasteiger partial charge in [-0.1, -0.05) is 42.5 Å². The zero-order valence-corrected chi connectivity index (χ0v) is 13.9. The largest absolute Gasteiger partial charge is 0.330 e. The molecule has 126 valence electrons. The highest BCUT2D eigenvalue weighted by Crippen LogP contribution is 2.23. The SMILES string of the molecule is O=C(c1ccccc1F)N(Cc1ccccc1)[C@@H]1CCS(=O)(=O)C1. The number of halogens is 1. The Morgan fingerprint density at radius 3 is 2.38 bits per heavy atom. The molecular formula is C18H18FNO3S. The van der Waals surface area contributed by atoms with Crippen molar-refractivity contribution in [2.45, 2.75) is 19.0 Å². The predicted octanol–water partition coefficient (Wildman–Crippen LogP) is 2.66. The van der Waals surface area contributed by atoms with E-state index in [-0.39, 0.29) is 23.6 Å². The third kappa shape index (κ3) is 3.64. The average Bonchev–Trinajstić information content (AvgIpc) is 2.93. The van der Waals surface area contributed by atoms with Crippen LogP contribution in [-0.4, -0.2) is 36.8 Å². The molecule has 0 aromatic heterocycles. The highest BCUT2D eigenvalue weighted by Gasteiger charge is 2.35. The van der Waals surface area contributed by atoms with Crippen LogP contribution in [-0.2, 0) is 16.4 Å². The molecule has 1 amide bonds. The topological polar surface area (TPSA) is 54.5 Å². The van der Waals surface area contributed by atoms with E-state index in [9.17, 15) is 17.6 Å². The van der Waals surface area contributed by atoms with Crippen molar-refractivity contribution in [2.75, 3.05) is 11.5 Å². The highest BCUT2D eigenvalue weighted by molar-refractivity contribution is 7.91. The summed E-state index contributed by atoms with van der Waals surface area (Å²) in [7, 11) is -3.15. The summed E-state index contributed by atoms with van der Waals surface area (Å²) >= 11 is 0. The van der Waals surface area contributed by atoms with E-state index in [0.29, 0.717) is 6.42 Å². The van der Waals surface area contributed by atoms with Crippen LogP contribution in [0.5, 0.6) is 0 Å². The summed E-state index contributed by atoms with van der Waals surface area (Å²) in [5.41, 5.74) is 0.851. The second-order valence-electron chi connectivity index (χ2n) is 5.96. The van der Waals surface area contributed by atoms with Gasteiger partial charge in [0.2, 0.25) is 0 Å². The van der Waals surface area contributed by atoms with Gasteiger partial charge in [0.25, 0.3) is 5.91 Å². The molecule has 4 nitrogen and oxygen atoms in total. The Morgan fingerprint density at radius 1 is 1.08 bits per heavy atom. The van der Waals surface area contributed by atoms with E-state index < -0.39 is 27.6 Å². The van der Waals surface area contributed by atoms with Gasteiger partial charge in [0.05, 0.1) is 17.1 Å². The summed E-state index contributed by atoms with van der Waals surface area (Å²) in [6.07, 6.45) is 0.384. The molecule has 2 aromatic rings. The standard InChI is InChI=1S/C18H18FNO3S/c19-17-9-5-4-8-16(17)18(21)20(12-14-6-2-1-3-7-14)15-10-11-24(22,23)13-15/h1-9,15H,10-13H2/t15-/m1/s1. The lowest BCUT2D eigenvalue weighted by Crippen LogP contribution is -2.41. The van der Waals surface area contributed by atoms with Gasteiger partial charge in [-0.25, -0.2) is 12.8 Å². The molecule has 0 radical (unpaired) electrons. The normalized spacial score (nSPS) is 19.1. The van der Waals surface area contributed by atoms with Crippen molar-refractivity contribution in [3.05, 3.63) is 71.5 Å². The molecule has 6 heteroatoms. The van der Waals surface area contributed by atoms with Crippen LogP contribution in [0.2, 0.25) is 0 Å². The van der Waals surface area contributed by atoms with Crippen molar-refractivity contribution in [1.82, 2.24) is 4.90 Å². The number of rotatable bonds is 4. The number of carbonyl (C=O) groups is 1. The highest BCUT2D eigenvalue weighted by atomic mass is 32.2.